The summed E-state index contributed by atoms with van der Waals surface area (Å²) < 4.78 is 0. The van der Waals surface area contributed by atoms with Crippen LogP contribution in [0.5, 0.6) is 0 Å². The Morgan fingerprint density at radius 1 is 1.18 bits per heavy atom. The number of amides is 2. The third-order valence-corrected chi connectivity index (χ3v) is 5.11. The summed E-state index contributed by atoms with van der Waals surface area (Å²) in [6.07, 6.45) is 10.9. The molecule has 3 rings (SSSR count). The fourth-order valence-corrected chi connectivity index (χ4v) is 3.02. The number of nitrogens with one attached hydrogen (secondary N) is 2. The van der Waals surface area contributed by atoms with Gasteiger partial charge in [-0.25, -0.2) is 0 Å². The Hall–Kier alpha value is -4.47. The van der Waals surface area contributed by atoms with E-state index in [1.807, 2.05) is 0 Å². The van der Waals surface area contributed by atoms with Gasteiger partial charge in [-0.2, -0.15) is 0 Å². The zero-order chi connectivity index (χ0) is 24.7. The fourth-order valence-electron chi connectivity index (χ4n) is 3.02. The largest absolute Gasteiger partial charge is 0.404 e. The van der Waals surface area contributed by atoms with Crippen molar-refractivity contribution >= 4 is 35.0 Å². The molecule has 34 heavy (non-hydrogen) atoms. The topological polar surface area (TPSA) is 174 Å². The summed E-state index contributed by atoms with van der Waals surface area (Å²) in [6, 6.07) is 5.33. The summed E-state index contributed by atoms with van der Waals surface area (Å²) in [7, 11) is 1.53. The molecule has 1 saturated carbocycles. The zero-order valence-electron chi connectivity index (χ0n) is 19.1. The van der Waals surface area contributed by atoms with Gasteiger partial charge < -0.3 is 27.8 Å². The quantitative estimate of drug-likeness (QED) is 0.225. The smallest absolute Gasteiger partial charge is 0.269 e. The number of aryl methyl sites for hydroxylation is 1. The first-order valence-corrected chi connectivity index (χ1v) is 10.7. The van der Waals surface area contributed by atoms with Crippen molar-refractivity contribution in [1.82, 2.24) is 15.3 Å². The Kier molecular flexibility index (Phi) is 7.75. The molecule has 0 saturated heterocycles. The maximum atomic E-state index is 12.6. The van der Waals surface area contributed by atoms with Crippen LogP contribution in [0.15, 0.2) is 59.6 Å². The van der Waals surface area contributed by atoms with Crippen molar-refractivity contribution in [2.24, 2.45) is 22.2 Å². The van der Waals surface area contributed by atoms with Crippen LogP contribution in [0, 0.1) is 6.92 Å². The number of aromatic nitrogens is 2. The average molecular weight is 461 g/mol. The van der Waals surface area contributed by atoms with E-state index in [1.54, 1.807) is 31.2 Å². The van der Waals surface area contributed by atoms with Crippen LogP contribution in [0.2, 0.25) is 0 Å². The molecule has 0 spiro atoms. The van der Waals surface area contributed by atoms with Gasteiger partial charge in [0.05, 0.1) is 23.5 Å². The molecule has 2 aromatic heterocycles. The predicted octanol–water partition coefficient (Wildman–Crippen LogP) is 1.46. The second kappa shape index (κ2) is 10.9. The molecular formula is C24H28N8O2. The minimum atomic E-state index is -0.396. The van der Waals surface area contributed by atoms with Crippen LogP contribution >= 0.6 is 0 Å². The van der Waals surface area contributed by atoms with E-state index in [1.165, 1.54) is 38.1 Å². The molecule has 0 unspecified atom stereocenters. The first-order chi connectivity index (χ1) is 16.4. The van der Waals surface area contributed by atoms with Crippen LogP contribution in [0.3, 0.4) is 0 Å². The Labute approximate surface area is 197 Å². The van der Waals surface area contributed by atoms with Gasteiger partial charge >= 0.3 is 0 Å². The van der Waals surface area contributed by atoms with E-state index in [2.05, 4.69) is 25.6 Å². The van der Waals surface area contributed by atoms with Crippen molar-refractivity contribution in [2.45, 2.75) is 25.8 Å². The lowest BCUT2D eigenvalue weighted by Crippen LogP contribution is -2.19. The van der Waals surface area contributed by atoms with Crippen LogP contribution in [-0.4, -0.2) is 41.1 Å². The van der Waals surface area contributed by atoms with Gasteiger partial charge in [-0.15, -0.1) is 0 Å². The van der Waals surface area contributed by atoms with Crippen LogP contribution in [0.1, 0.15) is 40.2 Å². The van der Waals surface area contributed by atoms with Crippen molar-refractivity contribution in [3.8, 4) is 0 Å². The highest BCUT2D eigenvalue weighted by molar-refractivity contribution is 6.17. The number of carbonyl (C=O) groups is 2. The van der Waals surface area contributed by atoms with Gasteiger partial charge in [0.15, 0.2) is 0 Å². The SMILES string of the molecule is CNC(=O)c1cc(C(/C=C(\N)c2cc(NC(=O)C(C=NC3CC3)=CN)cnc2C)=C/N)ccn1. The molecule has 2 heterocycles. The van der Waals surface area contributed by atoms with E-state index >= 15 is 0 Å². The van der Waals surface area contributed by atoms with Gasteiger partial charge in [-0.3, -0.25) is 24.5 Å². The number of anilines is 1. The molecule has 10 heteroatoms. The molecule has 1 aliphatic rings. The number of carbonyl (C=O) groups excluding carboxylic acids is 2. The van der Waals surface area contributed by atoms with Crippen molar-refractivity contribution in [2.75, 3.05) is 12.4 Å². The molecule has 1 fully saturated rings. The van der Waals surface area contributed by atoms with Crippen molar-refractivity contribution in [3.05, 3.63) is 77.2 Å². The second-order valence-corrected chi connectivity index (χ2v) is 7.67. The van der Waals surface area contributed by atoms with E-state index < -0.39 is 5.91 Å². The molecule has 0 radical (unpaired) electrons. The molecule has 0 atom stereocenters. The number of nitrogens with two attached hydrogens (primary N) is 3. The summed E-state index contributed by atoms with van der Waals surface area (Å²) >= 11 is 0. The molecule has 2 amide bonds. The Morgan fingerprint density at radius 3 is 2.59 bits per heavy atom. The molecule has 0 aromatic carbocycles. The molecule has 8 N–H and O–H groups in total. The maximum Gasteiger partial charge on any atom is 0.269 e. The van der Waals surface area contributed by atoms with Crippen molar-refractivity contribution in [3.63, 3.8) is 0 Å². The van der Waals surface area contributed by atoms with E-state index in [0.29, 0.717) is 33.8 Å². The number of pyridine rings is 2. The number of nitrogens with zero attached hydrogens (tertiary/aromatic N) is 3. The fraction of sp³-hybridized carbons (Fsp3) is 0.208. The van der Waals surface area contributed by atoms with Gasteiger partial charge in [-0.1, -0.05) is 0 Å². The summed E-state index contributed by atoms with van der Waals surface area (Å²) in [6.45, 7) is 1.80. The third-order valence-electron chi connectivity index (χ3n) is 5.11. The van der Waals surface area contributed by atoms with E-state index in [-0.39, 0.29) is 23.2 Å². The van der Waals surface area contributed by atoms with Gasteiger partial charge in [0, 0.05) is 48.8 Å². The molecular weight excluding hydrogens is 432 g/mol. The predicted molar refractivity (Wildman–Crippen MR) is 133 cm³/mol. The van der Waals surface area contributed by atoms with E-state index in [9.17, 15) is 9.59 Å². The van der Waals surface area contributed by atoms with Gasteiger partial charge in [0.2, 0.25) is 0 Å². The minimum Gasteiger partial charge on any atom is -0.404 e. The van der Waals surface area contributed by atoms with E-state index in [0.717, 1.165) is 12.8 Å². The molecule has 10 nitrogen and oxygen atoms in total. The first kappa shape index (κ1) is 24.2. The highest BCUT2D eigenvalue weighted by Crippen LogP contribution is 2.24. The lowest BCUT2D eigenvalue weighted by Gasteiger charge is -2.11. The van der Waals surface area contributed by atoms with Crippen LogP contribution in [0.25, 0.3) is 11.3 Å². The van der Waals surface area contributed by atoms with Crippen LogP contribution in [-0.2, 0) is 4.79 Å². The van der Waals surface area contributed by atoms with Gasteiger partial charge in [0.25, 0.3) is 11.8 Å². The molecule has 176 valence electrons. The monoisotopic (exact) mass is 460 g/mol. The summed E-state index contributed by atoms with van der Waals surface area (Å²) in [4.78, 5) is 37.2. The van der Waals surface area contributed by atoms with Gasteiger partial charge in [-0.05, 0) is 55.2 Å². The maximum absolute atomic E-state index is 12.6. The van der Waals surface area contributed by atoms with Crippen molar-refractivity contribution < 1.29 is 9.59 Å². The standard InChI is InChI=1S/C24H28N8O2/c1-14-20(9-19(13-30-14)32-23(33)17(11-26)12-31-18-3-4-18)21(27)7-16(10-25)15-5-6-29-22(8-15)24(34)28-2/h5-13,18H,3-4,25-27H2,1-2H3,(H,28,34)(H,32,33)/b16-10+,17-11?,21-7-,31-12?. The summed E-state index contributed by atoms with van der Waals surface area (Å²) in [5.74, 6) is -0.709. The third kappa shape index (κ3) is 6.06. The highest BCUT2D eigenvalue weighted by atomic mass is 16.2. The van der Waals surface area contributed by atoms with Crippen LogP contribution in [0.4, 0.5) is 5.69 Å². The summed E-state index contributed by atoms with van der Waals surface area (Å²) in [5, 5.41) is 5.30. The number of aliphatic imine (C=N–C) groups is 1. The normalized spacial score (nSPS) is 14.8. The van der Waals surface area contributed by atoms with Gasteiger partial charge in [0.1, 0.15) is 5.69 Å². The van der Waals surface area contributed by atoms with Crippen molar-refractivity contribution in [1.29, 1.82) is 0 Å². The molecule has 2 aromatic rings. The first-order valence-electron chi connectivity index (χ1n) is 10.7. The lowest BCUT2D eigenvalue weighted by molar-refractivity contribution is -0.112. The number of hydrogen-bond donors (Lipinski definition) is 5. The second-order valence-electron chi connectivity index (χ2n) is 7.67. The average Bonchev–Trinajstić information content (AvgIpc) is 3.68. The lowest BCUT2D eigenvalue weighted by atomic mass is 10.0. The summed E-state index contributed by atoms with van der Waals surface area (Å²) in [5.41, 5.74) is 21.7. The Bertz CT molecular complexity index is 1210. The highest BCUT2D eigenvalue weighted by Gasteiger charge is 2.20. The number of rotatable bonds is 8. The van der Waals surface area contributed by atoms with Crippen LogP contribution < -0.4 is 27.8 Å². The zero-order valence-corrected chi connectivity index (χ0v) is 19.1. The van der Waals surface area contributed by atoms with E-state index in [4.69, 9.17) is 17.2 Å². The molecule has 0 bridgehead atoms. The Balaban J connectivity index is 1.84. The minimum absolute atomic E-state index is 0.253. The number of allylic oxidation sites excluding steroid dienone is 2. The molecule has 1 aliphatic carbocycles. The molecule has 0 aliphatic heterocycles. The number of hydrogen-bond acceptors (Lipinski definition) is 8. The Morgan fingerprint density at radius 2 is 1.94 bits per heavy atom.